The van der Waals surface area contributed by atoms with Crippen molar-refractivity contribution in [1.29, 1.82) is 0 Å². The summed E-state index contributed by atoms with van der Waals surface area (Å²) in [6, 6.07) is 4.73. The minimum Gasteiger partial charge on any atom is -0.481 e. The van der Waals surface area contributed by atoms with E-state index in [-0.39, 0.29) is 5.92 Å². The fourth-order valence-electron chi connectivity index (χ4n) is 2.04. The maximum absolute atomic E-state index is 12.4. The average Bonchev–Trinajstić information content (AvgIpc) is 3.08. The van der Waals surface area contributed by atoms with E-state index in [2.05, 4.69) is 0 Å². The lowest BCUT2D eigenvalue weighted by molar-refractivity contribution is -0.142. The van der Waals surface area contributed by atoms with Crippen molar-refractivity contribution in [3.8, 4) is 0 Å². The van der Waals surface area contributed by atoms with Crippen molar-refractivity contribution < 1.29 is 23.1 Å². The van der Waals surface area contributed by atoms with Crippen molar-refractivity contribution in [2.75, 3.05) is 0 Å². The maximum atomic E-state index is 12.4. The van der Waals surface area contributed by atoms with E-state index in [9.17, 15) is 18.0 Å². The summed E-state index contributed by atoms with van der Waals surface area (Å²) in [6.45, 7) is 0. The van der Waals surface area contributed by atoms with E-state index in [0.717, 1.165) is 25.0 Å². The lowest BCUT2D eigenvalue weighted by Gasteiger charge is -2.12. The van der Waals surface area contributed by atoms with E-state index in [1.807, 2.05) is 0 Å². The second-order valence-corrected chi connectivity index (χ2v) is 4.68. The van der Waals surface area contributed by atoms with Crippen LogP contribution in [0.4, 0.5) is 13.2 Å². The SMILES string of the molecule is O=C(O)C(Cc1ccc(C(F)(F)F)cc1)C1CC1. The van der Waals surface area contributed by atoms with E-state index in [1.165, 1.54) is 12.1 Å². The normalized spacial score (nSPS) is 17.5. The van der Waals surface area contributed by atoms with Crippen molar-refractivity contribution in [3.05, 3.63) is 35.4 Å². The second-order valence-electron chi connectivity index (χ2n) is 4.68. The smallest absolute Gasteiger partial charge is 0.416 e. The molecule has 1 N–H and O–H groups in total. The first-order valence-corrected chi connectivity index (χ1v) is 5.77. The summed E-state index contributed by atoms with van der Waals surface area (Å²) < 4.78 is 37.1. The first-order valence-electron chi connectivity index (χ1n) is 5.77. The van der Waals surface area contributed by atoms with Crippen molar-refractivity contribution in [2.45, 2.75) is 25.4 Å². The van der Waals surface area contributed by atoms with E-state index >= 15 is 0 Å². The number of hydrogen-bond donors (Lipinski definition) is 1. The summed E-state index contributed by atoms with van der Waals surface area (Å²) in [6.07, 6.45) is -2.24. The number of rotatable bonds is 4. The molecule has 1 aliphatic carbocycles. The zero-order chi connectivity index (χ0) is 13.3. The van der Waals surface area contributed by atoms with Gasteiger partial charge in [0.2, 0.25) is 0 Å². The van der Waals surface area contributed by atoms with E-state index in [0.29, 0.717) is 12.0 Å². The molecule has 0 bridgehead atoms. The highest BCUT2D eigenvalue weighted by Gasteiger charge is 2.36. The zero-order valence-electron chi connectivity index (χ0n) is 9.57. The van der Waals surface area contributed by atoms with Gasteiger partial charge in [-0.05, 0) is 42.9 Å². The maximum Gasteiger partial charge on any atom is 0.416 e. The number of carboxylic acids is 1. The molecule has 0 radical (unpaired) electrons. The Kier molecular flexibility index (Phi) is 3.32. The molecule has 98 valence electrons. The molecule has 1 atom stereocenters. The number of carboxylic acid groups (broad SMARTS) is 1. The Labute approximate surface area is 102 Å². The number of hydrogen-bond acceptors (Lipinski definition) is 1. The van der Waals surface area contributed by atoms with Crippen LogP contribution in [0.3, 0.4) is 0 Å². The first-order chi connectivity index (χ1) is 8.38. The Hall–Kier alpha value is -1.52. The summed E-state index contributed by atoms with van der Waals surface area (Å²) in [5, 5.41) is 9.05. The van der Waals surface area contributed by atoms with Crippen LogP contribution < -0.4 is 0 Å². The molecular weight excluding hydrogens is 245 g/mol. The second kappa shape index (κ2) is 4.63. The minimum atomic E-state index is -4.35. The van der Waals surface area contributed by atoms with E-state index in [1.54, 1.807) is 0 Å². The van der Waals surface area contributed by atoms with Crippen LogP contribution in [0, 0.1) is 11.8 Å². The lowest BCUT2D eigenvalue weighted by atomic mass is 9.94. The fraction of sp³-hybridized carbons (Fsp3) is 0.462. The van der Waals surface area contributed by atoms with Gasteiger partial charge in [-0.15, -0.1) is 0 Å². The molecule has 2 nitrogen and oxygen atoms in total. The Morgan fingerprint density at radius 1 is 1.28 bits per heavy atom. The van der Waals surface area contributed by atoms with Crippen molar-refractivity contribution in [3.63, 3.8) is 0 Å². The standard InChI is InChI=1S/C13H13F3O2/c14-13(15,16)10-5-1-8(2-6-10)7-11(12(17)18)9-3-4-9/h1-2,5-6,9,11H,3-4,7H2,(H,17,18). The monoisotopic (exact) mass is 258 g/mol. The first kappa shape index (κ1) is 12.9. The number of benzene rings is 1. The predicted octanol–water partition coefficient (Wildman–Crippen LogP) is 3.36. The topological polar surface area (TPSA) is 37.3 Å². The Bertz CT molecular complexity index is 433. The van der Waals surface area contributed by atoms with Crippen LogP contribution in [0.15, 0.2) is 24.3 Å². The van der Waals surface area contributed by atoms with Gasteiger partial charge in [0.05, 0.1) is 11.5 Å². The van der Waals surface area contributed by atoms with Gasteiger partial charge in [0, 0.05) is 0 Å². The minimum absolute atomic E-state index is 0.185. The fourth-order valence-corrected chi connectivity index (χ4v) is 2.04. The molecule has 18 heavy (non-hydrogen) atoms. The van der Waals surface area contributed by atoms with Crippen LogP contribution in [-0.2, 0) is 17.4 Å². The van der Waals surface area contributed by atoms with Crippen LogP contribution in [-0.4, -0.2) is 11.1 Å². The number of carbonyl (C=O) groups is 1. The van der Waals surface area contributed by atoms with Crippen molar-refractivity contribution in [1.82, 2.24) is 0 Å². The third-order valence-electron chi connectivity index (χ3n) is 3.25. The van der Waals surface area contributed by atoms with Gasteiger partial charge in [-0.1, -0.05) is 12.1 Å². The Balaban J connectivity index is 2.07. The quantitative estimate of drug-likeness (QED) is 0.899. The van der Waals surface area contributed by atoms with Crippen molar-refractivity contribution in [2.24, 2.45) is 11.8 Å². The van der Waals surface area contributed by atoms with Gasteiger partial charge in [0.25, 0.3) is 0 Å². The molecule has 5 heteroatoms. The average molecular weight is 258 g/mol. The molecule has 1 aromatic rings. The summed E-state index contributed by atoms with van der Waals surface area (Å²) in [5.41, 5.74) is -0.0631. The Morgan fingerprint density at radius 2 is 1.83 bits per heavy atom. The van der Waals surface area contributed by atoms with Gasteiger partial charge in [0.1, 0.15) is 0 Å². The largest absolute Gasteiger partial charge is 0.481 e. The lowest BCUT2D eigenvalue weighted by Crippen LogP contribution is -2.18. The molecule has 1 fully saturated rings. The van der Waals surface area contributed by atoms with Crippen LogP contribution in [0.5, 0.6) is 0 Å². The van der Waals surface area contributed by atoms with Crippen LogP contribution in [0.1, 0.15) is 24.0 Å². The highest BCUT2D eigenvalue weighted by atomic mass is 19.4. The Morgan fingerprint density at radius 3 is 2.22 bits per heavy atom. The number of aliphatic carboxylic acids is 1. The molecular formula is C13H13F3O2. The molecule has 1 unspecified atom stereocenters. The molecule has 2 rings (SSSR count). The zero-order valence-corrected chi connectivity index (χ0v) is 9.57. The van der Waals surface area contributed by atoms with Gasteiger partial charge in [-0.25, -0.2) is 0 Å². The molecule has 0 aromatic heterocycles. The molecule has 0 amide bonds. The van der Waals surface area contributed by atoms with Gasteiger partial charge >= 0.3 is 12.1 Å². The van der Waals surface area contributed by atoms with E-state index < -0.39 is 23.6 Å². The molecule has 1 aliphatic rings. The van der Waals surface area contributed by atoms with Gasteiger partial charge < -0.3 is 5.11 Å². The summed E-state index contributed by atoms with van der Waals surface area (Å²) in [7, 11) is 0. The van der Waals surface area contributed by atoms with Crippen LogP contribution in [0.2, 0.25) is 0 Å². The molecule has 0 aliphatic heterocycles. The number of alkyl halides is 3. The highest BCUT2D eigenvalue weighted by molar-refractivity contribution is 5.71. The van der Waals surface area contributed by atoms with Gasteiger partial charge in [0.15, 0.2) is 0 Å². The molecule has 0 spiro atoms. The van der Waals surface area contributed by atoms with Crippen LogP contribution >= 0.6 is 0 Å². The third kappa shape index (κ3) is 3.03. The van der Waals surface area contributed by atoms with Gasteiger partial charge in [-0.3, -0.25) is 4.79 Å². The van der Waals surface area contributed by atoms with Crippen LogP contribution in [0.25, 0.3) is 0 Å². The summed E-state index contributed by atoms with van der Waals surface area (Å²) >= 11 is 0. The third-order valence-corrected chi connectivity index (χ3v) is 3.25. The van der Waals surface area contributed by atoms with Gasteiger partial charge in [-0.2, -0.15) is 13.2 Å². The van der Waals surface area contributed by atoms with Crippen molar-refractivity contribution >= 4 is 5.97 Å². The molecule has 1 saturated carbocycles. The predicted molar refractivity (Wildman–Crippen MR) is 59.0 cm³/mol. The molecule has 0 saturated heterocycles. The highest BCUT2D eigenvalue weighted by Crippen LogP contribution is 2.39. The molecule has 1 aromatic carbocycles. The summed E-state index contributed by atoms with van der Waals surface area (Å²) in [5.74, 6) is -1.15. The number of halogens is 3. The summed E-state index contributed by atoms with van der Waals surface area (Å²) in [4.78, 5) is 11.0. The van der Waals surface area contributed by atoms with E-state index in [4.69, 9.17) is 5.11 Å². The molecule has 0 heterocycles.